The fraction of sp³-hybridized carbons (Fsp3) is 0.455. The lowest BCUT2D eigenvalue weighted by atomic mass is 10.2. The van der Waals surface area contributed by atoms with Crippen LogP contribution in [0.2, 0.25) is 5.02 Å². The van der Waals surface area contributed by atoms with Gasteiger partial charge in [-0.1, -0.05) is 17.7 Å². The molecule has 2 nitrogen and oxygen atoms in total. The van der Waals surface area contributed by atoms with E-state index in [1.54, 1.807) is 12.1 Å². The van der Waals surface area contributed by atoms with E-state index in [9.17, 15) is 13.2 Å². The maximum atomic E-state index is 11.7. The molecule has 0 saturated heterocycles. The molecule has 1 aromatic carbocycles. The molecule has 0 heterocycles. The fourth-order valence-corrected chi connectivity index (χ4v) is 1.51. The summed E-state index contributed by atoms with van der Waals surface area (Å²) in [5.74, 6) is 0. The maximum absolute atomic E-state index is 11.7. The SMILES string of the molecule is Cc1ccc(NCCOCC(F)(F)F)c(Cl)c1. The van der Waals surface area contributed by atoms with Gasteiger partial charge in [-0.3, -0.25) is 0 Å². The van der Waals surface area contributed by atoms with E-state index in [1.807, 2.05) is 13.0 Å². The topological polar surface area (TPSA) is 21.3 Å². The second-order valence-electron chi connectivity index (χ2n) is 3.58. The summed E-state index contributed by atoms with van der Waals surface area (Å²) in [4.78, 5) is 0. The van der Waals surface area contributed by atoms with Crippen molar-refractivity contribution in [3.05, 3.63) is 28.8 Å². The van der Waals surface area contributed by atoms with E-state index < -0.39 is 12.8 Å². The Morgan fingerprint density at radius 1 is 1.35 bits per heavy atom. The molecule has 17 heavy (non-hydrogen) atoms. The molecule has 1 rings (SSSR count). The number of ether oxygens (including phenoxy) is 1. The summed E-state index contributed by atoms with van der Waals surface area (Å²) >= 11 is 5.93. The van der Waals surface area contributed by atoms with Gasteiger partial charge in [0.1, 0.15) is 6.61 Å². The summed E-state index contributed by atoms with van der Waals surface area (Å²) in [6.45, 7) is 0.932. The molecule has 0 aromatic heterocycles. The van der Waals surface area contributed by atoms with Crippen molar-refractivity contribution >= 4 is 17.3 Å². The molecular weight excluding hydrogens is 255 g/mol. The number of hydrogen-bond donors (Lipinski definition) is 1. The second kappa shape index (κ2) is 6.12. The fourth-order valence-electron chi connectivity index (χ4n) is 1.21. The highest BCUT2D eigenvalue weighted by Gasteiger charge is 2.27. The van der Waals surface area contributed by atoms with Gasteiger partial charge in [-0.05, 0) is 24.6 Å². The van der Waals surface area contributed by atoms with E-state index in [4.69, 9.17) is 11.6 Å². The summed E-state index contributed by atoms with van der Waals surface area (Å²) in [6, 6.07) is 5.42. The van der Waals surface area contributed by atoms with Crippen molar-refractivity contribution in [1.29, 1.82) is 0 Å². The number of hydrogen-bond acceptors (Lipinski definition) is 2. The average Bonchev–Trinajstić information content (AvgIpc) is 2.18. The van der Waals surface area contributed by atoms with E-state index in [1.165, 1.54) is 0 Å². The van der Waals surface area contributed by atoms with Crippen LogP contribution in [0.15, 0.2) is 18.2 Å². The number of benzene rings is 1. The molecule has 0 amide bonds. The van der Waals surface area contributed by atoms with Gasteiger partial charge in [-0.25, -0.2) is 0 Å². The van der Waals surface area contributed by atoms with Crippen LogP contribution < -0.4 is 5.32 Å². The van der Waals surface area contributed by atoms with E-state index in [2.05, 4.69) is 10.1 Å². The molecule has 0 radical (unpaired) electrons. The zero-order chi connectivity index (χ0) is 12.9. The third-order valence-corrected chi connectivity index (χ3v) is 2.26. The van der Waals surface area contributed by atoms with Crippen molar-refractivity contribution in [3.8, 4) is 0 Å². The Balaban J connectivity index is 2.27. The minimum Gasteiger partial charge on any atom is -0.382 e. The summed E-state index contributed by atoms with van der Waals surface area (Å²) in [7, 11) is 0. The van der Waals surface area contributed by atoms with Crippen molar-refractivity contribution in [2.45, 2.75) is 13.1 Å². The molecule has 0 spiro atoms. The van der Waals surface area contributed by atoms with Crippen molar-refractivity contribution in [2.24, 2.45) is 0 Å². The normalized spacial score (nSPS) is 11.6. The largest absolute Gasteiger partial charge is 0.411 e. The molecule has 0 fully saturated rings. The van der Waals surface area contributed by atoms with Crippen LogP contribution in [0.3, 0.4) is 0 Å². The molecule has 6 heteroatoms. The predicted molar refractivity (Wildman–Crippen MR) is 61.6 cm³/mol. The Bertz CT molecular complexity index is 368. The lowest BCUT2D eigenvalue weighted by molar-refractivity contribution is -0.172. The number of alkyl halides is 3. The summed E-state index contributed by atoms with van der Waals surface area (Å²) in [6.07, 6.45) is -4.28. The molecule has 96 valence electrons. The van der Waals surface area contributed by atoms with E-state index in [0.717, 1.165) is 5.56 Å². The second-order valence-corrected chi connectivity index (χ2v) is 3.99. The summed E-state index contributed by atoms with van der Waals surface area (Å²) in [5, 5.41) is 3.44. The van der Waals surface area contributed by atoms with Gasteiger partial charge in [-0.15, -0.1) is 0 Å². The Labute approximate surface area is 103 Å². The standard InChI is InChI=1S/C11H13ClF3NO/c1-8-2-3-10(9(12)6-8)16-4-5-17-7-11(13,14)15/h2-3,6,16H,4-5,7H2,1H3. The van der Waals surface area contributed by atoms with Gasteiger partial charge < -0.3 is 10.1 Å². The predicted octanol–water partition coefficient (Wildman–Crippen LogP) is 3.64. The van der Waals surface area contributed by atoms with Crippen LogP contribution in [-0.2, 0) is 4.74 Å². The highest BCUT2D eigenvalue weighted by atomic mass is 35.5. The molecule has 0 aliphatic heterocycles. The maximum Gasteiger partial charge on any atom is 0.411 e. The van der Waals surface area contributed by atoms with Crippen molar-refractivity contribution < 1.29 is 17.9 Å². The molecule has 1 N–H and O–H groups in total. The van der Waals surface area contributed by atoms with E-state index >= 15 is 0 Å². The van der Waals surface area contributed by atoms with Crippen LogP contribution in [0, 0.1) is 6.92 Å². The third kappa shape index (κ3) is 5.79. The number of nitrogens with one attached hydrogen (secondary N) is 1. The Kier molecular flexibility index (Phi) is 5.08. The van der Waals surface area contributed by atoms with Gasteiger partial charge in [0.05, 0.1) is 17.3 Å². The summed E-state index contributed by atoms with van der Waals surface area (Å²) in [5.41, 5.74) is 1.71. The monoisotopic (exact) mass is 267 g/mol. The van der Waals surface area contributed by atoms with Crippen LogP contribution in [0.25, 0.3) is 0 Å². The highest BCUT2D eigenvalue weighted by molar-refractivity contribution is 6.33. The molecule has 0 aliphatic carbocycles. The van der Waals surface area contributed by atoms with Gasteiger partial charge in [0.2, 0.25) is 0 Å². The lowest BCUT2D eigenvalue weighted by Crippen LogP contribution is -2.20. The molecule has 0 aliphatic rings. The molecule has 1 aromatic rings. The van der Waals surface area contributed by atoms with Gasteiger partial charge in [-0.2, -0.15) is 13.2 Å². The molecule has 0 unspecified atom stereocenters. The molecule has 0 saturated carbocycles. The number of rotatable bonds is 5. The summed E-state index contributed by atoms with van der Waals surface area (Å²) < 4.78 is 39.7. The lowest BCUT2D eigenvalue weighted by Gasteiger charge is -2.10. The van der Waals surface area contributed by atoms with Crippen LogP contribution in [0.5, 0.6) is 0 Å². The number of halogens is 4. The first-order valence-electron chi connectivity index (χ1n) is 5.03. The van der Waals surface area contributed by atoms with Crippen LogP contribution in [-0.4, -0.2) is 25.9 Å². The number of aryl methyl sites for hydroxylation is 1. The first-order valence-corrected chi connectivity index (χ1v) is 5.41. The van der Waals surface area contributed by atoms with Gasteiger partial charge in [0, 0.05) is 6.54 Å². The Morgan fingerprint density at radius 3 is 2.65 bits per heavy atom. The van der Waals surface area contributed by atoms with Crippen LogP contribution in [0.4, 0.5) is 18.9 Å². The third-order valence-electron chi connectivity index (χ3n) is 1.95. The van der Waals surface area contributed by atoms with E-state index in [0.29, 0.717) is 10.7 Å². The smallest absolute Gasteiger partial charge is 0.382 e. The number of anilines is 1. The van der Waals surface area contributed by atoms with Gasteiger partial charge >= 0.3 is 6.18 Å². The van der Waals surface area contributed by atoms with Crippen molar-refractivity contribution in [1.82, 2.24) is 0 Å². The molecular formula is C11H13ClF3NO. The minimum atomic E-state index is -4.28. The van der Waals surface area contributed by atoms with Crippen LogP contribution >= 0.6 is 11.6 Å². The Morgan fingerprint density at radius 2 is 2.06 bits per heavy atom. The van der Waals surface area contributed by atoms with Crippen molar-refractivity contribution in [2.75, 3.05) is 25.1 Å². The highest BCUT2D eigenvalue weighted by Crippen LogP contribution is 2.22. The Hall–Kier alpha value is -0.940. The zero-order valence-corrected chi connectivity index (χ0v) is 10.0. The van der Waals surface area contributed by atoms with Gasteiger partial charge in [0.25, 0.3) is 0 Å². The first-order chi connectivity index (χ1) is 7.88. The van der Waals surface area contributed by atoms with E-state index in [-0.39, 0.29) is 13.2 Å². The zero-order valence-electron chi connectivity index (χ0n) is 9.27. The van der Waals surface area contributed by atoms with Crippen molar-refractivity contribution in [3.63, 3.8) is 0 Å². The quantitative estimate of drug-likeness (QED) is 0.823. The van der Waals surface area contributed by atoms with Gasteiger partial charge in [0.15, 0.2) is 0 Å². The minimum absolute atomic E-state index is 0.0241. The first kappa shape index (κ1) is 14.1. The van der Waals surface area contributed by atoms with Crippen LogP contribution in [0.1, 0.15) is 5.56 Å². The molecule has 0 bridgehead atoms. The average molecular weight is 268 g/mol. The molecule has 0 atom stereocenters.